The molecule has 0 unspecified atom stereocenters. The molecule has 0 saturated carbocycles. The molecule has 2 heterocycles. The maximum Gasteiger partial charge on any atom is 0.305 e. The fourth-order valence-corrected chi connectivity index (χ4v) is 8.11. The van der Waals surface area contributed by atoms with Gasteiger partial charge in [-0.2, -0.15) is 9.97 Å². The van der Waals surface area contributed by atoms with Crippen LogP contribution in [-0.4, -0.2) is 70.0 Å². The van der Waals surface area contributed by atoms with Crippen molar-refractivity contribution in [2.75, 3.05) is 20.8 Å². The Morgan fingerprint density at radius 3 is 1.86 bits per heavy atom. The van der Waals surface area contributed by atoms with Crippen LogP contribution in [0, 0.1) is 0 Å². The van der Waals surface area contributed by atoms with E-state index in [4.69, 9.17) is 47.3 Å². The van der Waals surface area contributed by atoms with Crippen molar-refractivity contribution in [3.8, 4) is 34.6 Å². The predicted octanol–water partition coefficient (Wildman–Crippen LogP) is 7.19. The summed E-state index contributed by atoms with van der Waals surface area (Å²) < 4.78 is 24.1. The number of halogens is 2. The SMILES string of the molecule is COc1nc(O[C@H]2CCc3c(-c4cccc5c4CC[C@@H]5Oc4nc(OC)c(CNC[C@@H](O)CC(C)=O)cc4Cl)cccc32)c(Cl)cc1CCC[C@@H](O)CC(=O)O. The minimum Gasteiger partial charge on any atom is -0.481 e. The minimum atomic E-state index is -1.04. The van der Waals surface area contributed by atoms with Crippen molar-refractivity contribution in [3.63, 3.8) is 0 Å². The molecule has 14 heteroatoms. The van der Waals surface area contributed by atoms with Crippen LogP contribution in [0.1, 0.15) is 91.0 Å². The number of Topliss-reactive ketones (excluding diaryl/α,β-unsaturated/α-hetero) is 1. The normalized spacial score (nSPS) is 16.8. The van der Waals surface area contributed by atoms with E-state index < -0.39 is 18.2 Å². The molecule has 12 nitrogen and oxygen atoms in total. The standard InChI is InChI=1S/C42H47Cl2N3O9/c1-23(48)17-27(50)22-45-21-25-19-35(44)42(47-40(25)54-3)56-37-16-14-31-29(10-6-12-33(31)37)28-9-5-11-32-30(28)13-15-36(32)55-41-34(43)18-24(39(46-41)53-2)7-4-8-26(49)20-38(51)52/h5-6,9-12,18-19,26-27,36-37,45,49-50H,4,7-8,13-17,20-22H2,1-3H3,(H,51,52)/t26-,27+,36+,37+/m1/s1. The number of ether oxygens (including phenoxy) is 4. The maximum atomic E-state index is 11.3. The molecule has 0 bridgehead atoms. The monoisotopic (exact) mass is 807 g/mol. The van der Waals surface area contributed by atoms with Crippen molar-refractivity contribution in [2.45, 2.75) is 95.7 Å². The van der Waals surface area contributed by atoms with Gasteiger partial charge in [-0.1, -0.05) is 59.6 Å². The number of pyridine rings is 2. The van der Waals surface area contributed by atoms with Crippen LogP contribution in [0.15, 0.2) is 48.5 Å². The van der Waals surface area contributed by atoms with Gasteiger partial charge in [-0.25, -0.2) is 0 Å². The van der Waals surface area contributed by atoms with Crippen molar-refractivity contribution in [1.29, 1.82) is 0 Å². The molecule has 2 aliphatic carbocycles. The Hall–Kier alpha value is -4.46. The van der Waals surface area contributed by atoms with Gasteiger partial charge in [0.25, 0.3) is 0 Å². The van der Waals surface area contributed by atoms with Gasteiger partial charge in [-0.15, -0.1) is 0 Å². The van der Waals surface area contributed by atoms with Crippen LogP contribution in [0.4, 0.5) is 0 Å². The molecule has 4 aromatic rings. The summed E-state index contributed by atoms with van der Waals surface area (Å²) in [4.78, 5) is 31.4. The number of aliphatic hydroxyl groups excluding tert-OH is 2. The maximum absolute atomic E-state index is 11.3. The smallest absolute Gasteiger partial charge is 0.305 e. The Bertz CT molecular complexity index is 1920. The number of methoxy groups -OCH3 is 2. The molecule has 0 fully saturated rings. The summed E-state index contributed by atoms with van der Waals surface area (Å²) in [6.45, 7) is 2.02. The number of fused-ring (bicyclic) bond motifs is 2. The summed E-state index contributed by atoms with van der Waals surface area (Å²) in [6.07, 6.45) is 2.03. The summed E-state index contributed by atoms with van der Waals surface area (Å²) >= 11 is 13.4. The van der Waals surface area contributed by atoms with Gasteiger partial charge in [-0.3, -0.25) is 9.59 Å². The number of hydrogen-bond acceptors (Lipinski definition) is 11. The Kier molecular flexibility index (Phi) is 13.7. The molecule has 2 aromatic heterocycles. The van der Waals surface area contributed by atoms with E-state index >= 15 is 0 Å². The van der Waals surface area contributed by atoms with Crippen LogP contribution in [0.5, 0.6) is 23.5 Å². The van der Waals surface area contributed by atoms with E-state index in [2.05, 4.69) is 39.6 Å². The predicted molar refractivity (Wildman–Crippen MR) is 211 cm³/mol. The number of hydrogen-bond donors (Lipinski definition) is 4. The number of carbonyl (C=O) groups excluding carboxylic acids is 1. The van der Waals surface area contributed by atoms with Crippen molar-refractivity contribution in [3.05, 3.63) is 92.0 Å². The highest BCUT2D eigenvalue weighted by Gasteiger charge is 2.32. The van der Waals surface area contributed by atoms with E-state index in [1.54, 1.807) is 12.1 Å². The van der Waals surface area contributed by atoms with Gasteiger partial charge in [-0.05, 0) is 97.4 Å². The fraction of sp³-hybridized carbons (Fsp3) is 0.429. The molecule has 2 aliphatic rings. The van der Waals surface area contributed by atoms with E-state index in [0.29, 0.717) is 53.2 Å². The molecule has 56 heavy (non-hydrogen) atoms. The Labute approximate surface area is 336 Å². The molecular formula is C42H47Cl2N3O9. The molecule has 4 atom stereocenters. The first-order chi connectivity index (χ1) is 26.9. The number of nitrogens with one attached hydrogen (secondary N) is 1. The van der Waals surface area contributed by atoms with Crippen LogP contribution in [0.25, 0.3) is 11.1 Å². The third kappa shape index (κ3) is 9.73. The molecule has 0 saturated heterocycles. The first-order valence-electron chi connectivity index (χ1n) is 18.8. The highest BCUT2D eigenvalue weighted by atomic mass is 35.5. The number of carbonyl (C=O) groups is 2. The second-order valence-corrected chi connectivity index (χ2v) is 15.1. The van der Waals surface area contributed by atoms with E-state index in [9.17, 15) is 19.8 Å². The van der Waals surface area contributed by atoms with Gasteiger partial charge in [0.05, 0.1) is 32.8 Å². The van der Waals surface area contributed by atoms with Gasteiger partial charge in [0.2, 0.25) is 23.5 Å². The van der Waals surface area contributed by atoms with Crippen LogP contribution in [-0.2, 0) is 35.4 Å². The van der Waals surface area contributed by atoms with Gasteiger partial charge in [0.15, 0.2) is 0 Å². The largest absolute Gasteiger partial charge is 0.481 e. The molecule has 2 aromatic carbocycles. The molecule has 298 valence electrons. The number of benzene rings is 2. The lowest BCUT2D eigenvalue weighted by Gasteiger charge is -2.19. The van der Waals surface area contributed by atoms with Crippen molar-refractivity contribution in [1.82, 2.24) is 15.3 Å². The Balaban J connectivity index is 1.16. The van der Waals surface area contributed by atoms with Crippen molar-refractivity contribution >= 4 is 35.0 Å². The van der Waals surface area contributed by atoms with Crippen LogP contribution in [0.3, 0.4) is 0 Å². The summed E-state index contributed by atoms with van der Waals surface area (Å²) in [5, 5.41) is 32.7. The van der Waals surface area contributed by atoms with Gasteiger partial charge >= 0.3 is 5.97 Å². The lowest BCUT2D eigenvalue weighted by Crippen LogP contribution is -2.28. The quantitative estimate of drug-likeness (QED) is 0.0754. The third-order valence-corrected chi connectivity index (χ3v) is 10.7. The topological polar surface area (TPSA) is 170 Å². The number of carboxylic acids is 1. The summed E-state index contributed by atoms with van der Waals surface area (Å²) in [7, 11) is 3.06. The Morgan fingerprint density at radius 2 is 1.34 bits per heavy atom. The average molecular weight is 809 g/mol. The van der Waals surface area contributed by atoms with Crippen LogP contribution < -0.4 is 24.3 Å². The first kappa shape index (κ1) is 41.2. The number of aromatic nitrogens is 2. The highest BCUT2D eigenvalue weighted by Crippen LogP contribution is 2.46. The molecule has 0 radical (unpaired) electrons. The van der Waals surface area contributed by atoms with E-state index in [1.165, 1.54) is 32.3 Å². The second-order valence-electron chi connectivity index (χ2n) is 14.3. The molecule has 0 spiro atoms. The summed E-state index contributed by atoms with van der Waals surface area (Å²) in [5.74, 6) is 0.174. The van der Waals surface area contributed by atoms with Crippen LogP contribution in [0.2, 0.25) is 10.0 Å². The molecule has 0 amide bonds. The molecule has 4 N–H and O–H groups in total. The van der Waals surface area contributed by atoms with E-state index in [1.807, 2.05) is 12.1 Å². The minimum absolute atomic E-state index is 0.0793. The Morgan fingerprint density at radius 1 is 0.804 bits per heavy atom. The zero-order valence-electron chi connectivity index (χ0n) is 31.6. The third-order valence-electron chi connectivity index (χ3n) is 10.2. The van der Waals surface area contributed by atoms with Gasteiger partial charge in [0, 0.05) is 30.6 Å². The summed E-state index contributed by atoms with van der Waals surface area (Å²) in [5.41, 5.74) is 8.32. The highest BCUT2D eigenvalue weighted by molar-refractivity contribution is 6.32. The number of aryl methyl sites for hydroxylation is 1. The van der Waals surface area contributed by atoms with Gasteiger partial charge < -0.3 is 39.6 Å². The average Bonchev–Trinajstić information content (AvgIpc) is 3.77. The number of nitrogens with zero attached hydrogens (tertiary/aromatic N) is 2. The number of aliphatic hydroxyl groups is 2. The zero-order chi connectivity index (χ0) is 39.9. The molecule has 0 aliphatic heterocycles. The number of rotatable bonds is 19. The molecular weight excluding hydrogens is 761 g/mol. The zero-order valence-corrected chi connectivity index (χ0v) is 33.2. The van der Waals surface area contributed by atoms with Crippen LogP contribution >= 0.6 is 23.2 Å². The fourth-order valence-electron chi connectivity index (χ4n) is 7.67. The number of ketones is 1. The lowest BCUT2D eigenvalue weighted by atomic mass is 9.91. The molecule has 6 rings (SSSR count). The van der Waals surface area contributed by atoms with Crippen molar-refractivity contribution < 1.29 is 43.9 Å². The second kappa shape index (κ2) is 18.7. The summed E-state index contributed by atoms with van der Waals surface area (Å²) in [6, 6.07) is 16.1. The van der Waals surface area contributed by atoms with Crippen molar-refractivity contribution in [2.24, 2.45) is 0 Å². The number of aliphatic carboxylic acids is 1. The number of carboxylic acid groups (broad SMARTS) is 1. The van der Waals surface area contributed by atoms with Gasteiger partial charge in [0.1, 0.15) is 28.0 Å². The lowest BCUT2D eigenvalue weighted by molar-refractivity contribution is -0.139. The van der Waals surface area contributed by atoms with E-state index in [0.717, 1.165) is 53.5 Å². The first-order valence-corrected chi connectivity index (χ1v) is 19.5. The van der Waals surface area contributed by atoms with E-state index in [-0.39, 0.29) is 49.1 Å².